The van der Waals surface area contributed by atoms with E-state index in [1.807, 2.05) is 21.1 Å². The molecule has 0 saturated carbocycles. The average molecular weight is 1370 g/mol. The van der Waals surface area contributed by atoms with Crippen molar-refractivity contribution in [2.75, 3.05) is 47.5 Å². The van der Waals surface area contributed by atoms with E-state index in [1.54, 1.807) is 0 Å². The molecule has 0 N–H and O–H groups in total. The fourth-order valence-corrected chi connectivity index (χ4v) is 10.7. The number of phosphoric ester groups is 1. The smallest absolute Gasteiger partial charge is 0.306 e. The third-order valence-corrected chi connectivity index (χ3v) is 16.8. The fourth-order valence-electron chi connectivity index (χ4n) is 9.96. The van der Waals surface area contributed by atoms with E-state index in [9.17, 15) is 19.0 Å². The van der Waals surface area contributed by atoms with E-state index in [0.29, 0.717) is 17.4 Å². The highest BCUT2D eigenvalue weighted by Gasteiger charge is 2.22. The lowest BCUT2D eigenvalue weighted by Gasteiger charge is -2.28. The molecule has 9 nitrogen and oxygen atoms in total. The average Bonchev–Trinajstić information content (AvgIpc) is 1.08. The zero-order valence-electron chi connectivity index (χ0n) is 62.9. The van der Waals surface area contributed by atoms with Crippen molar-refractivity contribution in [1.82, 2.24) is 0 Å². The van der Waals surface area contributed by atoms with E-state index in [1.165, 1.54) is 89.9 Å². The Morgan fingerprint density at radius 2 is 0.551 bits per heavy atom. The van der Waals surface area contributed by atoms with E-state index in [4.69, 9.17) is 18.5 Å². The van der Waals surface area contributed by atoms with Crippen molar-refractivity contribution >= 4 is 19.8 Å². The number of esters is 2. The van der Waals surface area contributed by atoms with Gasteiger partial charge in [-0.25, -0.2) is 0 Å². The highest BCUT2D eigenvalue weighted by molar-refractivity contribution is 7.45. The molecule has 552 valence electrons. The molecule has 0 aliphatic rings. The molecule has 0 aromatic heterocycles. The van der Waals surface area contributed by atoms with E-state index in [0.717, 1.165) is 161 Å². The van der Waals surface area contributed by atoms with Gasteiger partial charge in [-0.05, 0) is 148 Å². The summed E-state index contributed by atoms with van der Waals surface area (Å²) in [4.78, 5) is 38.2. The number of allylic oxidation sites excluding steroid dienone is 34. The Morgan fingerprint density at radius 1 is 0.316 bits per heavy atom. The minimum Gasteiger partial charge on any atom is -0.756 e. The van der Waals surface area contributed by atoms with Crippen LogP contribution in [0.1, 0.15) is 284 Å². The van der Waals surface area contributed by atoms with Crippen LogP contribution in [0.4, 0.5) is 0 Å². The van der Waals surface area contributed by atoms with E-state index < -0.39 is 32.5 Å². The second-order valence-electron chi connectivity index (χ2n) is 26.3. The predicted molar refractivity (Wildman–Crippen MR) is 424 cm³/mol. The van der Waals surface area contributed by atoms with Gasteiger partial charge in [-0.2, -0.15) is 0 Å². The molecular formula is C88H142NO8P. The third kappa shape index (κ3) is 79.6. The lowest BCUT2D eigenvalue weighted by molar-refractivity contribution is -0.870. The summed E-state index contributed by atoms with van der Waals surface area (Å²) in [6, 6.07) is 0. The molecule has 0 aromatic carbocycles. The zero-order chi connectivity index (χ0) is 71.1. The molecule has 10 heteroatoms. The van der Waals surface area contributed by atoms with Crippen LogP contribution < -0.4 is 4.89 Å². The number of nitrogens with zero attached hydrogens (tertiary/aromatic N) is 1. The number of hydrogen-bond acceptors (Lipinski definition) is 8. The number of phosphoric acid groups is 1. The Balaban J connectivity index is 4.10. The van der Waals surface area contributed by atoms with Gasteiger partial charge in [0.05, 0.1) is 27.7 Å². The summed E-state index contributed by atoms with van der Waals surface area (Å²) in [7, 11) is 1.13. The van der Waals surface area contributed by atoms with Crippen LogP contribution >= 0.6 is 7.82 Å². The van der Waals surface area contributed by atoms with Crippen molar-refractivity contribution in [3.63, 3.8) is 0 Å². The molecule has 0 radical (unpaired) electrons. The number of carbonyl (C=O) groups is 2. The number of ether oxygens (including phenoxy) is 2. The first-order chi connectivity index (χ1) is 48.0. The third-order valence-electron chi connectivity index (χ3n) is 15.8. The van der Waals surface area contributed by atoms with Crippen molar-refractivity contribution in [3.05, 3.63) is 207 Å². The minimum absolute atomic E-state index is 0.0458. The number of hydrogen-bond donors (Lipinski definition) is 0. The Hall–Kier alpha value is -5.41. The first kappa shape index (κ1) is 92.6. The first-order valence-corrected chi connectivity index (χ1v) is 40.3. The molecule has 98 heavy (non-hydrogen) atoms. The molecule has 0 fully saturated rings. The molecule has 0 spiro atoms. The largest absolute Gasteiger partial charge is 0.756 e. The standard InChI is InChI=1S/C88H142NO8P/c1-6-8-10-12-14-16-18-20-22-24-26-28-30-32-34-36-38-40-42-43-44-45-47-48-50-52-54-56-58-60-62-64-66-68-70-72-74-76-78-80-87(90)94-84-86(85-96-98(92,93)95-83-82-89(3,4)5)97-88(91)81-79-77-75-73-71-69-67-65-63-61-59-57-55-53-51-49-46-41-39-37-35-33-31-29-27-25-23-21-19-17-15-13-11-9-7-2/h8-11,14-17,20-23,26-29,32-35,38-41,43-44,49,51,55,57,61,63,67,69,86H,6-7,12-13,18-19,24-25,30-31,36-37,42,45-48,50,52-54,56,58-60,62,64-66,68,70-85H2,1-5H3/b10-8-,11-9-,16-14-,17-15-,22-20-,23-21-,28-26-,29-27-,34-32-,35-33-,40-38-,41-39-,44-43-,51-49-,57-55-,63-61-,69-67-. The molecule has 0 rings (SSSR count). The van der Waals surface area contributed by atoms with Crippen molar-refractivity contribution in [2.24, 2.45) is 0 Å². The Kier molecular flexibility index (Phi) is 71.6. The summed E-state index contributed by atoms with van der Waals surface area (Å²) in [6.07, 6.45) is 119. The maximum atomic E-state index is 12.9. The van der Waals surface area contributed by atoms with Crippen molar-refractivity contribution in [2.45, 2.75) is 290 Å². The molecule has 2 atom stereocenters. The van der Waals surface area contributed by atoms with Crippen LogP contribution in [0.15, 0.2) is 207 Å². The van der Waals surface area contributed by atoms with Crippen molar-refractivity contribution in [1.29, 1.82) is 0 Å². The number of rotatable bonds is 69. The number of unbranched alkanes of at least 4 members (excludes halogenated alkanes) is 21. The van der Waals surface area contributed by atoms with Gasteiger partial charge >= 0.3 is 11.9 Å². The van der Waals surface area contributed by atoms with Gasteiger partial charge in [0.1, 0.15) is 19.8 Å². The van der Waals surface area contributed by atoms with Gasteiger partial charge in [0, 0.05) is 12.8 Å². The highest BCUT2D eigenvalue weighted by Crippen LogP contribution is 2.38. The van der Waals surface area contributed by atoms with Crippen LogP contribution in [0, 0.1) is 0 Å². The normalized spacial score (nSPS) is 14.2. The molecule has 0 amide bonds. The highest BCUT2D eigenvalue weighted by atomic mass is 31.2. The Bertz CT molecular complexity index is 2410. The van der Waals surface area contributed by atoms with Crippen LogP contribution in [-0.2, 0) is 32.7 Å². The summed E-state index contributed by atoms with van der Waals surface area (Å²) in [6.45, 7) is 3.97. The predicted octanol–water partition coefficient (Wildman–Crippen LogP) is 25.5. The second-order valence-corrected chi connectivity index (χ2v) is 27.7. The lowest BCUT2D eigenvalue weighted by atomic mass is 10.0. The van der Waals surface area contributed by atoms with Crippen LogP contribution in [0.2, 0.25) is 0 Å². The van der Waals surface area contributed by atoms with Crippen molar-refractivity contribution < 1.29 is 42.1 Å². The molecule has 0 saturated heterocycles. The van der Waals surface area contributed by atoms with Gasteiger partial charge in [-0.3, -0.25) is 14.2 Å². The lowest BCUT2D eigenvalue weighted by Crippen LogP contribution is -2.37. The maximum Gasteiger partial charge on any atom is 0.306 e. The molecule has 0 heterocycles. The van der Waals surface area contributed by atoms with Crippen LogP contribution in [0.3, 0.4) is 0 Å². The summed E-state index contributed by atoms with van der Waals surface area (Å²) in [5.74, 6) is -0.870. The summed E-state index contributed by atoms with van der Waals surface area (Å²) >= 11 is 0. The zero-order valence-corrected chi connectivity index (χ0v) is 63.8. The monoisotopic (exact) mass is 1370 g/mol. The molecule has 0 bridgehead atoms. The van der Waals surface area contributed by atoms with Crippen molar-refractivity contribution in [3.8, 4) is 0 Å². The Labute approximate surface area is 602 Å². The van der Waals surface area contributed by atoms with Crippen LogP contribution in [0.5, 0.6) is 0 Å². The van der Waals surface area contributed by atoms with Gasteiger partial charge in [0.2, 0.25) is 0 Å². The van der Waals surface area contributed by atoms with E-state index >= 15 is 0 Å². The fraction of sp³-hybridized carbons (Fsp3) is 0.591. The SMILES string of the molecule is CC/C=C\C/C=C\C/C=C\C/C=C\C/C=C\C/C=C\C/C=C\C/C=C\C/C=C\C/C=C\CCCCCCC(=O)OC(COC(=O)CCCCCCCCCCCCCCCCCCC/C=C\C/C=C\C/C=C\C/C=C\C/C=C\C/C=C\C/C=C\CC)COP(=O)([O-])OCC[N+](C)(C)C. The topological polar surface area (TPSA) is 111 Å². The quantitative estimate of drug-likeness (QED) is 0.0195. The molecule has 2 unspecified atom stereocenters. The van der Waals surface area contributed by atoms with Gasteiger partial charge in [0.15, 0.2) is 6.10 Å². The van der Waals surface area contributed by atoms with E-state index in [2.05, 4.69) is 220 Å². The maximum absolute atomic E-state index is 12.9. The van der Waals surface area contributed by atoms with Gasteiger partial charge in [-0.15, -0.1) is 0 Å². The first-order valence-electron chi connectivity index (χ1n) is 38.8. The van der Waals surface area contributed by atoms with Gasteiger partial charge in [-0.1, -0.05) is 330 Å². The molecule has 0 aliphatic heterocycles. The summed E-state index contributed by atoms with van der Waals surface area (Å²) in [5, 5.41) is 0. The number of likely N-dealkylation sites (N-methyl/N-ethyl adjacent to an activating group) is 1. The molecule has 0 aromatic rings. The number of quaternary nitrogens is 1. The van der Waals surface area contributed by atoms with Gasteiger partial charge in [0.25, 0.3) is 7.82 Å². The Morgan fingerprint density at radius 3 is 0.816 bits per heavy atom. The van der Waals surface area contributed by atoms with Gasteiger partial charge < -0.3 is 27.9 Å². The van der Waals surface area contributed by atoms with Crippen LogP contribution in [0.25, 0.3) is 0 Å². The summed E-state index contributed by atoms with van der Waals surface area (Å²) in [5.41, 5.74) is 0. The number of carbonyl (C=O) groups excluding carboxylic acids is 2. The van der Waals surface area contributed by atoms with Crippen LogP contribution in [-0.4, -0.2) is 70.0 Å². The molecular weight excluding hydrogens is 1230 g/mol. The van der Waals surface area contributed by atoms with E-state index in [-0.39, 0.29) is 26.1 Å². The minimum atomic E-state index is -4.67. The second kappa shape index (κ2) is 75.8. The summed E-state index contributed by atoms with van der Waals surface area (Å²) < 4.78 is 34.3. The molecule has 0 aliphatic carbocycles.